The van der Waals surface area contributed by atoms with Crippen LogP contribution in [-0.4, -0.2) is 8.42 Å². The number of nitrogens with zero attached hydrogens (tertiary/aromatic N) is 1. The Labute approximate surface area is 129 Å². The third-order valence-corrected chi connectivity index (χ3v) is 4.80. The molecule has 0 heterocycles. The van der Waals surface area contributed by atoms with Crippen molar-refractivity contribution < 1.29 is 8.42 Å². The van der Waals surface area contributed by atoms with Crippen molar-refractivity contribution in [3.05, 3.63) is 64.7 Å². The fourth-order valence-corrected chi connectivity index (χ4v) is 3.19. The second-order valence-electron chi connectivity index (χ2n) is 4.53. The second-order valence-corrected chi connectivity index (χ2v) is 6.68. The molecule has 0 spiro atoms. The van der Waals surface area contributed by atoms with E-state index in [2.05, 4.69) is 4.72 Å². The standard InChI is InChI=1S/C15H13ClN2O2S/c1-11(13-4-6-14(16)7-5-13)18-21(19,20)15-8-2-12(10-17)3-9-15/h2-9,11,18H,1H3. The van der Waals surface area contributed by atoms with Gasteiger partial charge in [-0.05, 0) is 48.9 Å². The number of hydrogen-bond donors (Lipinski definition) is 1. The van der Waals surface area contributed by atoms with E-state index in [9.17, 15) is 8.42 Å². The van der Waals surface area contributed by atoms with Crippen molar-refractivity contribution in [2.75, 3.05) is 0 Å². The molecule has 1 atom stereocenters. The molecule has 0 saturated heterocycles. The molecule has 0 aliphatic heterocycles. The molecule has 0 radical (unpaired) electrons. The number of hydrogen-bond acceptors (Lipinski definition) is 3. The third-order valence-electron chi connectivity index (χ3n) is 3.00. The molecule has 2 aromatic carbocycles. The van der Waals surface area contributed by atoms with E-state index in [1.54, 1.807) is 31.2 Å². The van der Waals surface area contributed by atoms with Gasteiger partial charge in [-0.15, -0.1) is 0 Å². The Morgan fingerprint density at radius 2 is 1.67 bits per heavy atom. The van der Waals surface area contributed by atoms with E-state index in [1.807, 2.05) is 6.07 Å². The quantitative estimate of drug-likeness (QED) is 0.940. The number of halogens is 1. The molecular formula is C15H13ClN2O2S. The Morgan fingerprint density at radius 1 is 1.10 bits per heavy atom. The molecule has 0 aliphatic carbocycles. The molecule has 0 amide bonds. The van der Waals surface area contributed by atoms with Gasteiger partial charge in [0.2, 0.25) is 10.0 Å². The molecule has 21 heavy (non-hydrogen) atoms. The summed E-state index contributed by atoms with van der Waals surface area (Å²) in [5.74, 6) is 0. The molecule has 0 bridgehead atoms. The summed E-state index contributed by atoms with van der Waals surface area (Å²) in [5, 5.41) is 9.32. The van der Waals surface area contributed by atoms with Crippen LogP contribution in [-0.2, 0) is 10.0 Å². The van der Waals surface area contributed by atoms with Gasteiger partial charge in [-0.2, -0.15) is 5.26 Å². The predicted molar refractivity (Wildman–Crippen MR) is 81.3 cm³/mol. The molecule has 4 nitrogen and oxygen atoms in total. The highest BCUT2D eigenvalue weighted by atomic mass is 35.5. The fourth-order valence-electron chi connectivity index (χ4n) is 1.83. The highest BCUT2D eigenvalue weighted by Gasteiger charge is 2.18. The molecule has 2 rings (SSSR count). The summed E-state index contributed by atoms with van der Waals surface area (Å²) in [6.45, 7) is 1.75. The van der Waals surface area contributed by atoms with Crippen molar-refractivity contribution in [3.8, 4) is 6.07 Å². The molecule has 0 saturated carbocycles. The number of sulfonamides is 1. The van der Waals surface area contributed by atoms with Crippen molar-refractivity contribution in [2.45, 2.75) is 17.9 Å². The van der Waals surface area contributed by atoms with Crippen molar-refractivity contribution in [2.24, 2.45) is 0 Å². The Kier molecular flexibility index (Phi) is 4.63. The maximum atomic E-state index is 12.3. The molecular weight excluding hydrogens is 308 g/mol. The zero-order chi connectivity index (χ0) is 15.5. The minimum absolute atomic E-state index is 0.127. The van der Waals surface area contributed by atoms with Gasteiger partial charge in [-0.1, -0.05) is 23.7 Å². The van der Waals surface area contributed by atoms with Crippen LogP contribution >= 0.6 is 11.6 Å². The lowest BCUT2D eigenvalue weighted by atomic mass is 10.1. The van der Waals surface area contributed by atoms with Crippen LogP contribution in [0.15, 0.2) is 53.4 Å². The van der Waals surface area contributed by atoms with Gasteiger partial charge >= 0.3 is 0 Å². The van der Waals surface area contributed by atoms with E-state index in [4.69, 9.17) is 16.9 Å². The first-order chi connectivity index (χ1) is 9.92. The van der Waals surface area contributed by atoms with Gasteiger partial charge in [0.05, 0.1) is 16.5 Å². The zero-order valence-electron chi connectivity index (χ0n) is 11.2. The van der Waals surface area contributed by atoms with Crippen LogP contribution in [0, 0.1) is 11.3 Å². The minimum atomic E-state index is -3.64. The largest absolute Gasteiger partial charge is 0.241 e. The van der Waals surface area contributed by atoms with Crippen LogP contribution < -0.4 is 4.72 Å². The van der Waals surface area contributed by atoms with Gasteiger partial charge in [-0.3, -0.25) is 0 Å². The molecule has 0 aliphatic rings. The summed E-state index contributed by atoms with van der Waals surface area (Å²) >= 11 is 5.81. The number of nitriles is 1. The van der Waals surface area contributed by atoms with Gasteiger partial charge in [0.15, 0.2) is 0 Å². The van der Waals surface area contributed by atoms with Crippen LogP contribution in [0.5, 0.6) is 0 Å². The van der Waals surface area contributed by atoms with E-state index in [-0.39, 0.29) is 10.9 Å². The lowest BCUT2D eigenvalue weighted by molar-refractivity contribution is 0.567. The summed E-state index contributed by atoms with van der Waals surface area (Å²) in [6, 6.07) is 14.3. The topological polar surface area (TPSA) is 70.0 Å². The van der Waals surface area contributed by atoms with Crippen molar-refractivity contribution >= 4 is 21.6 Å². The van der Waals surface area contributed by atoms with E-state index < -0.39 is 10.0 Å². The summed E-state index contributed by atoms with van der Waals surface area (Å²) in [6.07, 6.45) is 0. The molecule has 6 heteroatoms. The average molecular weight is 321 g/mol. The fraction of sp³-hybridized carbons (Fsp3) is 0.133. The third kappa shape index (κ3) is 3.82. The van der Waals surface area contributed by atoms with Gasteiger partial charge < -0.3 is 0 Å². The van der Waals surface area contributed by atoms with Crippen LogP contribution in [0.3, 0.4) is 0 Å². The number of rotatable bonds is 4. The van der Waals surface area contributed by atoms with Gasteiger partial charge in [0.25, 0.3) is 0 Å². The second kappa shape index (κ2) is 6.27. The first-order valence-electron chi connectivity index (χ1n) is 6.20. The lowest BCUT2D eigenvalue weighted by Gasteiger charge is -2.14. The Morgan fingerprint density at radius 3 is 2.19 bits per heavy atom. The number of benzene rings is 2. The van der Waals surface area contributed by atoms with E-state index in [0.29, 0.717) is 10.6 Å². The van der Waals surface area contributed by atoms with Gasteiger partial charge in [0.1, 0.15) is 0 Å². The first kappa shape index (κ1) is 15.5. The van der Waals surface area contributed by atoms with E-state index in [0.717, 1.165) is 5.56 Å². The van der Waals surface area contributed by atoms with Crippen LogP contribution in [0.25, 0.3) is 0 Å². The van der Waals surface area contributed by atoms with Crippen molar-refractivity contribution in [1.82, 2.24) is 4.72 Å². The van der Waals surface area contributed by atoms with Crippen molar-refractivity contribution in [3.63, 3.8) is 0 Å². The van der Waals surface area contributed by atoms with Crippen LogP contribution in [0.4, 0.5) is 0 Å². The Hall–Kier alpha value is -1.87. The average Bonchev–Trinajstić information content (AvgIpc) is 2.47. The maximum absolute atomic E-state index is 12.3. The SMILES string of the molecule is CC(NS(=O)(=O)c1ccc(C#N)cc1)c1ccc(Cl)cc1. The summed E-state index contributed by atoms with van der Waals surface area (Å²) in [5.41, 5.74) is 1.23. The zero-order valence-corrected chi connectivity index (χ0v) is 12.8. The normalized spacial score (nSPS) is 12.6. The van der Waals surface area contributed by atoms with Crippen molar-refractivity contribution in [1.29, 1.82) is 5.26 Å². The van der Waals surface area contributed by atoms with E-state index in [1.165, 1.54) is 24.3 Å². The Bertz CT molecular complexity index is 763. The van der Waals surface area contributed by atoms with E-state index >= 15 is 0 Å². The van der Waals surface area contributed by atoms with Gasteiger partial charge in [-0.25, -0.2) is 13.1 Å². The minimum Gasteiger partial charge on any atom is -0.207 e. The summed E-state index contributed by atoms with van der Waals surface area (Å²) in [4.78, 5) is 0.127. The predicted octanol–water partition coefficient (Wildman–Crippen LogP) is 3.25. The molecule has 2 aromatic rings. The summed E-state index contributed by atoms with van der Waals surface area (Å²) in [7, 11) is -3.64. The lowest BCUT2D eigenvalue weighted by Crippen LogP contribution is -2.26. The van der Waals surface area contributed by atoms with Crippen LogP contribution in [0.2, 0.25) is 5.02 Å². The molecule has 1 unspecified atom stereocenters. The van der Waals surface area contributed by atoms with Crippen LogP contribution in [0.1, 0.15) is 24.1 Å². The monoisotopic (exact) mass is 320 g/mol. The summed E-state index contributed by atoms with van der Waals surface area (Å²) < 4.78 is 27.1. The molecule has 108 valence electrons. The molecule has 0 aromatic heterocycles. The number of nitrogens with one attached hydrogen (secondary N) is 1. The maximum Gasteiger partial charge on any atom is 0.241 e. The Balaban J connectivity index is 2.20. The highest BCUT2D eigenvalue weighted by Crippen LogP contribution is 2.19. The molecule has 0 fully saturated rings. The smallest absolute Gasteiger partial charge is 0.207 e. The molecule has 1 N–H and O–H groups in total. The highest BCUT2D eigenvalue weighted by molar-refractivity contribution is 7.89. The van der Waals surface area contributed by atoms with Gasteiger partial charge in [0, 0.05) is 11.1 Å². The first-order valence-corrected chi connectivity index (χ1v) is 8.06.